The summed E-state index contributed by atoms with van der Waals surface area (Å²) < 4.78 is 43.7. The van der Waals surface area contributed by atoms with Gasteiger partial charge in [0.15, 0.2) is 11.6 Å². The molecular formula is C35H46F2N6O2S. The van der Waals surface area contributed by atoms with Gasteiger partial charge in [0.25, 0.3) is 0 Å². The average molecular weight is 653 g/mol. The first-order valence-electron chi connectivity index (χ1n) is 16.7. The number of hydrogen-bond donors (Lipinski definition) is 2. The van der Waals surface area contributed by atoms with Gasteiger partial charge in [-0.1, -0.05) is 53.4 Å². The van der Waals surface area contributed by atoms with Crippen LogP contribution in [0, 0.1) is 23.1 Å². The number of dihydropyridines is 1. The fraction of sp³-hybridized carbons (Fsp3) is 0.571. The van der Waals surface area contributed by atoms with E-state index in [2.05, 4.69) is 44.1 Å². The molecule has 2 atom stereocenters. The number of allylic oxidation sites excluding steroid dienone is 1. The van der Waals surface area contributed by atoms with Gasteiger partial charge in [0, 0.05) is 60.1 Å². The molecule has 0 aliphatic carbocycles. The van der Waals surface area contributed by atoms with Gasteiger partial charge in [-0.3, -0.25) is 0 Å². The molecule has 4 aliphatic rings. The summed E-state index contributed by atoms with van der Waals surface area (Å²) >= 11 is 1.22. The lowest BCUT2D eigenvalue weighted by atomic mass is 9.85. The molecule has 0 bridgehead atoms. The summed E-state index contributed by atoms with van der Waals surface area (Å²) in [4.78, 5) is 11.7. The molecule has 5 heterocycles. The van der Waals surface area contributed by atoms with Crippen LogP contribution in [0.2, 0.25) is 0 Å². The molecule has 2 aromatic rings. The fourth-order valence-corrected chi connectivity index (χ4v) is 7.57. The Morgan fingerprint density at radius 1 is 1.15 bits per heavy atom. The molecule has 0 amide bonds. The maximum atomic E-state index is 16.7. The van der Waals surface area contributed by atoms with Gasteiger partial charge in [0.05, 0.1) is 35.8 Å². The molecule has 6 rings (SSSR count). The second-order valence-electron chi connectivity index (χ2n) is 12.4. The van der Waals surface area contributed by atoms with E-state index in [1.165, 1.54) is 43.6 Å². The fourth-order valence-electron chi connectivity index (χ4n) is 6.55. The van der Waals surface area contributed by atoms with E-state index >= 15 is 4.39 Å². The monoisotopic (exact) mass is 652 g/mol. The molecule has 1 aromatic heterocycles. The van der Waals surface area contributed by atoms with Crippen LogP contribution in [-0.2, 0) is 22.7 Å². The number of aromatic nitrogens is 2. The molecule has 3 N–H and O–H groups in total. The Morgan fingerprint density at radius 2 is 1.89 bits per heavy atom. The third kappa shape index (κ3) is 6.90. The van der Waals surface area contributed by atoms with E-state index in [1.807, 2.05) is 4.90 Å². The van der Waals surface area contributed by atoms with E-state index in [-0.39, 0.29) is 23.8 Å². The summed E-state index contributed by atoms with van der Waals surface area (Å²) in [6.07, 6.45) is 11.1. The van der Waals surface area contributed by atoms with Crippen LogP contribution in [0.4, 0.5) is 14.7 Å². The minimum Gasteiger partial charge on any atom is -0.400 e. The van der Waals surface area contributed by atoms with Gasteiger partial charge in [-0.05, 0) is 36.3 Å². The maximum Gasteiger partial charge on any atom is 0.226 e. The zero-order valence-corrected chi connectivity index (χ0v) is 28.2. The number of hydrogen-bond acceptors (Lipinski definition) is 9. The number of rotatable bonds is 10. The maximum absolute atomic E-state index is 16.7. The van der Waals surface area contributed by atoms with Crippen LogP contribution in [0.3, 0.4) is 0 Å². The molecule has 8 nitrogen and oxygen atoms in total. The number of fused-ring (bicyclic) bond motifs is 3. The van der Waals surface area contributed by atoms with Gasteiger partial charge < -0.3 is 25.4 Å². The minimum atomic E-state index is -0.817. The summed E-state index contributed by atoms with van der Waals surface area (Å²) in [5.74, 6) is 0.301. The molecule has 0 saturated carbocycles. The van der Waals surface area contributed by atoms with Gasteiger partial charge in [-0.25, -0.2) is 18.7 Å². The second kappa shape index (κ2) is 15.6. The zero-order chi connectivity index (χ0) is 32.8. The van der Waals surface area contributed by atoms with Crippen LogP contribution in [0.15, 0.2) is 40.0 Å². The zero-order valence-electron chi connectivity index (χ0n) is 27.4. The molecule has 46 heavy (non-hydrogen) atoms. The van der Waals surface area contributed by atoms with Crippen molar-refractivity contribution in [3.8, 4) is 6.07 Å². The summed E-state index contributed by atoms with van der Waals surface area (Å²) in [5.41, 5.74) is 9.04. The molecule has 248 valence electrons. The Bertz CT molecular complexity index is 1560. The number of anilines is 1. The first kappa shape index (κ1) is 34.1. The van der Waals surface area contributed by atoms with Crippen molar-refractivity contribution in [2.75, 3.05) is 30.3 Å². The highest BCUT2D eigenvalue weighted by Crippen LogP contribution is 2.48. The van der Waals surface area contributed by atoms with E-state index in [9.17, 15) is 9.65 Å². The van der Waals surface area contributed by atoms with Gasteiger partial charge in [0.1, 0.15) is 11.6 Å². The highest BCUT2D eigenvalue weighted by Gasteiger charge is 2.38. The summed E-state index contributed by atoms with van der Waals surface area (Å²) in [6.45, 7) is 11.4. The molecule has 0 radical (unpaired) electrons. The van der Waals surface area contributed by atoms with Crippen molar-refractivity contribution < 1.29 is 18.3 Å². The molecule has 1 saturated heterocycles. The van der Waals surface area contributed by atoms with Crippen molar-refractivity contribution in [3.05, 3.63) is 62.5 Å². The number of nitriles is 1. The Hall–Kier alpha value is -3.20. The molecule has 0 spiro atoms. The van der Waals surface area contributed by atoms with Crippen LogP contribution in [0.1, 0.15) is 95.4 Å². The molecule has 1 aromatic carbocycles. The number of ether oxygens (including phenoxy) is 2. The molecule has 4 aliphatic heterocycles. The largest absolute Gasteiger partial charge is 0.400 e. The number of nitrogens with one attached hydrogen (secondary N) is 1. The standard InChI is InChI=1S/C31H36F2N6O2S.C4H10/c1-3-5-17(6-4-2)13-41-18-7-8-39(12-18)31-37-10-20-21-14-40-15-22(21)25(27(33)28(20)38-31)29-26-19(9-34)24(35)16-42-30(26)23(32)11-36-29;1-3-4-2/h10-11,17-18,29,36H,3-8,12-16,35H2,1-2H3;3-4H2,1-2H3. The topological polar surface area (TPSA) is 109 Å². The number of thioether (sulfide) groups is 1. The normalized spacial score (nSPS) is 20.7. The minimum absolute atomic E-state index is 0.0817. The lowest BCUT2D eigenvalue weighted by molar-refractivity contribution is 0.0375. The first-order chi connectivity index (χ1) is 22.4. The highest BCUT2D eigenvalue weighted by atomic mass is 32.2. The van der Waals surface area contributed by atoms with Crippen molar-refractivity contribution in [2.45, 2.75) is 98.0 Å². The summed E-state index contributed by atoms with van der Waals surface area (Å²) in [7, 11) is 0. The first-order valence-corrected chi connectivity index (χ1v) is 17.7. The lowest BCUT2D eigenvalue weighted by Gasteiger charge is -2.32. The Balaban J connectivity index is 0.000000985. The lowest BCUT2D eigenvalue weighted by Crippen LogP contribution is -2.29. The van der Waals surface area contributed by atoms with Gasteiger partial charge in [-0.15, -0.1) is 11.8 Å². The summed E-state index contributed by atoms with van der Waals surface area (Å²) in [6, 6.07) is 1.31. The van der Waals surface area contributed by atoms with Crippen LogP contribution in [0.25, 0.3) is 10.9 Å². The average Bonchev–Trinajstić information content (AvgIpc) is 3.75. The SMILES string of the molecule is CCCC.CCCC(CCC)COC1CCN(c2ncc3c4c(c(C5NC=C(F)C6=C5C(C#N)=C(N)CS6)c(F)c3n2)COC4)C1. The molecular weight excluding hydrogens is 606 g/mol. The number of nitrogens with two attached hydrogens (primary N) is 1. The van der Waals surface area contributed by atoms with E-state index in [0.29, 0.717) is 63.5 Å². The van der Waals surface area contributed by atoms with Gasteiger partial charge in [-0.2, -0.15) is 5.26 Å². The van der Waals surface area contributed by atoms with Crippen molar-refractivity contribution >= 4 is 28.6 Å². The van der Waals surface area contributed by atoms with Gasteiger partial charge >= 0.3 is 0 Å². The predicted octanol–water partition coefficient (Wildman–Crippen LogP) is 7.61. The number of halogens is 2. The Kier molecular flexibility index (Phi) is 11.6. The van der Waals surface area contributed by atoms with E-state index in [0.717, 1.165) is 38.0 Å². The Morgan fingerprint density at radius 3 is 2.59 bits per heavy atom. The van der Waals surface area contributed by atoms with Crippen molar-refractivity contribution in [1.29, 1.82) is 5.26 Å². The van der Waals surface area contributed by atoms with Crippen LogP contribution < -0.4 is 16.0 Å². The van der Waals surface area contributed by atoms with Crippen molar-refractivity contribution in [2.24, 2.45) is 11.7 Å². The molecule has 2 unspecified atom stereocenters. The molecule has 11 heteroatoms. The van der Waals surface area contributed by atoms with Crippen molar-refractivity contribution in [1.82, 2.24) is 15.3 Å². The quantitative estimate of drug-likeness (QED) is 0.268. The highest BCUT2D eigenvalue weighted by molar-refractivity contribution is 8.03. The van der Waals surface area contributed by atoms with Crippen LogP contribution in [-0.4, -0.2) is 41.5 Å². The Labute approximate surface area is 275 Å². The molecule has 1 fully saturated rings. The smallest absolute Gasteiger partial charge is 0.226 e. The third-order valence-corrected chi connectivity index (χ3v) is 10.3. The number of nitrogens with zero attached hydrogens (tertiary/aromatic N) is 4. The van der Waals surface area contributed by atoms with Crippen molar-refractivity contribution in [3.63, 3.8) is 0 Å². The van der Waals surface area contributed by atoms with E-state index < -0.39 is 17.7 Å². The third-order valence-electron chi connectivity index (χ3n) is 9.11. The van der Waals surface area contributed by atoms with E-state index in [1.54, 1.807) is 6.20 Å². The number of unbranched alkanes of at least 4 members (excludes halogenated alkanes) is 1. The number of benzene rings is 1. The van der Waals surface area contributed by atoms with Crippen LogP contribution >= 0.6 is 11.8 Å². The van der Waals surface area contributed by atoms with E-state index in [4.69, 9.17) is 20.2 Å². The predicted molar refractivity (Wildman–Crippen MR) is 180 cm³/mol. The summed E-state index contributed by atoms with van der Waals surface area (Å²) in [5, 5.41) is 13.5. The van der Waals surface area contributed by atoms with Crippen LogP contribution in [0.5, 0.6) is 0 Å². The second-order valence-corrected chi connectivity index (χ2v) is 13.4. The van der Waals surface area contributed by atoms with Gasteiger partial charge in [0.2, 0.25) is 5.95 Å².